The largest absolute Gasteiger partial charge is 0.465 e. The van der Waals surface area contributed by atoms with E-state index in [1.54, 1.807) is 0 Å². The Morgan fingerprint density at radius 3 is 1.68 bits per heavy atom. The van der Waals surface area contributed by atoms with Crippen LogP contribution in [0, 0.1) is 0 Å². The van der Waals surface area contributed by atoms with Crippen LogP contribution in [0.5, 0.6) is 0 Å². The van der Waals surface area contributed by atoms with Crippen LogP contribution in [0.15, 0.2) is 13.5 Å². The van der Waals surface area contributed by atoms with Crippen molar-refractivity contribution in [3.05, 3.63) is 0 Å². The molecule has 0 aliphatic carbocycles. The van der Waals surface area contributed by atoms with Gasteiger partial charge in [-0.25, -0.2) is 28.4 Å². The lowest BCUT2D eigenvalue weighted by atomic mass is 10.7. The molecule has 156 valence electrons. The van der Waals surface area contributed by atoms with Crippen LogP contribution in [-0.2, 0) is 9.53 Å². The van der Waals surface area contributed by atoms with E-state index in [1.807, 2.05) is 6.92 Å². The van der Waals surface area contributed by atoms with Gasteiger partial charge in [0.25, 0.3) is 0 Å². The first kappa shape index (κ1) is 18.7. The highest BCUT2D eigenvalue weighted by Crippen LogP contribution is 2.85. The summed E-state index contributed by atoms with van der Waals surface area (Å²) in [6.45, 7) is 13.0. The van der Waals surface area contributed by atoms with Gasteiger partial charge in [0.1, 0.15) is 6.54 Å². The maximum Gasteiger partial charge on any atom is 0.320 e. The highest BCUT2D eigenvalue weighted by molar-refractivity contribution is 7.83. The minimum Gasteiger partial charge on any atom is -0.465 e. The first-order valence-electron chi connectivity index (χ1n) is 10.2. The Kier molecular flexibility index (Phi) is 4.31. The summed E-state index contributed by atoms with van der Waals surface area (Å²) in [7, 11) is -6.54. The number of esters is 1. The third kappa shape index (κ3) is 3.11. The zero-order chi connectivity index (χ0) is 19.0. The molecule has 0 bridgehead atoms. The van der Waals surface area contributed by atoms with E-state index in [9.17, 15) is 4.79 Å². The minimum absolute atomic E-state index is 0.172. The first-order valence-corrected chi connectivity index (χ1v) is 15.0. The van der Waals surface area contributed by atoms with Crippen molar-refractivity contribution in [1.82, 2.24) is 28.4 Å². The smallest absolute Gasteiger partial charge is 0.320 e. The van der Waals surface area contributed by atoms with Crippen LogP contribution in [0.1, 0.15) is 6.92 Å². The van der Waals surface area contributed by atoms with Gasteiger partial charge < -0.3 is 4.74 Å². The summed E-state index contributed by atoms with van der Waals surface area (Å²) in [6, 6.07) is 0. The Hall–Kier alpha value is -0.0800. The fraction of sp³-hybridized carbons (Fsp3) is 0.929. The van der Waals surface area contributed by atoms with Crippen molar-refractivity contribution < 1.29 is 9.53 Å². The van der Waals surface area contributed by atoms with Crippen LogP contribution in [0.3, 0.4) is 0 Å². The van der Waals surface area contributed by atoms with Crippen LogP contribution in [0.4, 0.5) is 0 Å². The van der Waals surface area contributed by atoms with Crippen LogP contribution >= 0.6 is 22.5 Å². The lowest BCUT2D eigenvalue weighted by Crippen LogP contribution is -2.26. The van der Waals surface area contributed by atoms with Crippen LogP contribution in [0.25, 0.3) is 0 Å². The van der Waals surface area contributed by atoms with Crippen molar-refractivity contribution in [2.75, 3.05) is 78.6 Å². The van der Waals surface area contributed by atoms with E-state index in [-0.39, 0.29) is 12.5 Å². The Balaban J connectivity index is 1.50. The number of carbonyl (C=O) groups excluding carboxylic acids is 1. The van der Waals surface area contributed by atoms with Crippen LogP contribution < -0.4 is 5.09 Å². The van der Waals surface area contributed by atoms with E-state index in [2.05, 4.69) is 28.4 Å². The number of hydrogen-bond acceptors (Lipinski definition) is 11. The molecule has 1 N–H and O–H groups in total. The standard InChI is InChI=1S/C14H28N9O2P3/c1-2-25-14(24)13-15-26(19-3-4-19)16-27(20-5-6-20,21-7-8-21)18-28(17-26,22-9-10-22)23-11-12-23/h15H,2-13H2,1H3. The molecule has 6 aliphatic rings. The normalized spacial score (nSPS) is 36.0. The fourth-order valence-corrected chi connectivity index (χ4v) is 18.4. The van der Waals surface area contributed by atoms with Crippen molar-refractivity contribution in [2.45, 2.75) is 6.92 Å². The van der Waals surface area contributed by atoms with Crippen molar-refractivity contribution in [3.63, 3.8) is 0 Å². The molecule has 1 unspecified atom stereocenters. The molecule has 14 heteroatoms. The molecule has 5 saturated heterocycles. The van der Waals surface area contributed by atoms with Gasteiger partial charge in [0.15, 0.2) is 0 Å². The zero-order valence-electron chi connectivity index (χ0n) is 16.2. The van der Waals surface area contributed by atoms with Crippen molar-refractivity contribution in [1.29, 1.82) is 0 Å². The lowest BCUT2D eigenvalue weighted by molar-refractivity contribution is -0.141. The van der Waals surface area contributed by atoms with Gasteiger partial charge in [-0.05, 0) is 6.92 Å². The van der Waals surface area contributed by atoms with Crippen molar-refractivity contribution in [3.8, 4) is 0 Å². The first-order chi connectivity index (χ1) is 13.6. The summed E-state index contributed by atoms with van der Waals surface area (Å²) in [5.41, 5.74) is 0. The molecule has 1 atom stereocenters. The Morgan fingerprint density at radius 1 is 0.786 bits per heavy atom. The minimum atomic E-state index is -2.36. The highest BCUT2D eigenvalue weighted by Gasteiger charge is 2.58. The monoisotopic (exact) mass is 447 g/mol. The molecular weight excluding hydrogens is 419 g/mol. The third-order valence-electron chi connectivity index (χ3n) is 5.50. The molecule has 11 nitrogen and oxygen atoms in total. The Morgan fingerprint density at radius 2 is 1.25 bits per heavy atom. The quantitative estimate of drug-likeness (QED) is 0.324. The second-order valence-corrected chi connectivity index (χ2v) is 16.4. The third-order valence-corrected chi connectivity index (χ3v) is 17.7. The van der Waals surface area contributed by atoms with E-state index >= 15 is 0 Å². The molecule has 5 fully saturated rings. The maximum atomic E-state index is 12.2. The van der Waals surface area contributed by atoms with E-state index < -0.39 is 22.5 Å². The maximum absolute atomic E-state index is 12.2. The Bertz CT molecular complexity index is 812. The van der Waals surface area contributed by atoms with E-state index in [0.717, 1.165) is 65.4 Å². The second-order valence-electron chi connectivity index (χ2n) is 7.82. The SMILES string of the molecule is CCOC(=O)CNP1(N2CC2)=NP(N2CC2)(N2CC2)=NP(N2CC2)(N2CC2)=N1. The lowest BCUT2D eigenvalue weighted by Gasteiger charge is -2.38. The molecule has 6 rings (SSSR count). The van der Waals surface area contributed by atoms with Gasteiger partial charge in [0.2, 0.25) is 22.5 Å². The molecule has 0 amide bonds. The zero-order valence-corrected chi connectivity index (χ0v) is 18.9. The van der Waals surface area contributed by atoms with Gasteiger partial charge in [-0.15, -0.1) is 0 Å². The fourth-order valence-electron chi connectivity index (χ4n) is 3.59. The van der Waals surface area contributed by atoms with Crippen molar-refractivity contribution >= 4 is 28.5 Å². The molecule has 0 aromatic carbocycles. The van der Waals surface area contributed by atoms with Crippen LogP contribution in [0.2, 0.25) is 0 Å². The molecule has 0 aromatic heterocycles. The number of carbonyl (C=O) groups is 1. The van der Waals surface area contributed by atoms with Gasteiger partial charge >= 0.3 is 5.97 Å². The summed E-state index contributed by atoms with van der Waals surface area (Å²) in [5, 5.41) is 3.54. The van der Waals surface area contributed by atoms with Gasteiger partial charge in [0, 0.05) is 65.4 Å². The summed E-state index contributed by atoms with van der Waals surface area (Å²) in [5.74, 6) is -0.221. The number of rotatable bonds is 9. The van der Waals surface area contributed by atoms with Crippen LogP contribution in [-0.4, -0.2) is 108 Å². The van der Waals surface area contributed by atoms with Gasteiger partial charge in [-0.1, -0.05) is 0 Å². The molecular formula is C14H28N9O2P3. The number of nitrogens with one attached hydrogen (secondary N) is 1. The van der Waals surface area contributed by atoms with Gasteiger partial charge in [0.05, 0.1) is 6.61 Å². The number of ether oxygens (including phenoxy) is 1. The molecule has 0 spiro atoms. The molecule has 0 saturated carbocycles. The number of hydrogen-bond donors (Lipinski definition) is 1. The molecule has 0 aromatic rings. The molecule has 0 radical (unpaired) electrons. The number of nitrogens with zero attached hydrogens (tertiary/aromatic N) is 8. The molecule has 6 aliphatic heterocycles. The average molecular weight is 447 g/mol. The second kappa shape index (κ2) is 6.46. The average Bonchev–Trinajstić information content (AvgIpc) is 3.56. The summed E-state index contributed by atoms with van der Waals surface area (Å²) in [4.78, 5) is 12.2. The van der Waals surface area contributed by atoms with E-state index in [1.165, 1.54) is 0 Å². The van der Waals surface area contributed by atoms with Crippen molar-refractivity contribution in [2.24, 2.45) is 13.5 Å². The summed E-state index contributed by atoms with van der Waals surface area (Å²) < 4.78 is 34.1. The van der Waals surface area contributed by atoms with Gasteiger partial charge in [-0.2, -0.15) is 13.5 Å². The summed E-state index contributed by atoms with van der Waals surface area (Å²) in [6.07, 6.45) is 0. The molecule has 28 heavy (non-hydrogen) atoms. The molecule has 6 heterocycles. The topological polar surface area (TPSA) is 90.5 Å². The van der Waals surface area contributed by atoms with Gasteiger partial charge in [-0.3, -0.25) is 4.79 Å². The predicted molar refractivity (Wildman–Crippen MR) is 111 cm³/mol. The summed E-state index contributed by atoms with van der Waals surface area (Å²) >= 11 is 0. The highest BCUT2D eigenvalue weighted by atomic mass is 31.3. The Labute approximate surface area is 166 Å². The van der Waals surface area contributed by atoms with E-state index in [4.69, 9.17) is 18.3 Å². The predicted octanol–water partition coefficient (Wildman–Crippen LogP) is 1.57. The van der Waals surface area contributed by atoms with E-state index in [0.29, 0.717) is 6.61 Å².